The van der Waals surface area contributed by atoms with Gasteiger partial charge in [-0.15, -0.1) is 5.53 Å². The minimum absolute atomic E-state index is 0.156. The SMILES string of the molecule is CCN1CC=C(c2ccc3c(c2)C(Nc2cccc(C#N)c2)CCN2NN(C)C(C)=C32)CC1. The number of nitriles is 1. The molecule has 3 aliphatic heterocycles. The third kappa shape index (κ3) is 4.10. The molecule has 0 fully saturated rings. The van der Waals surface area contributed by atoms with Crippen molar-refractivity contribution in [3.05, 3.63) is 76.5 Å². The van der Waals surface area contributed by atoms with E-state index >= 15 is 0 Å². The van der Waals surface area contributed by atoms with Crippen LogP contribution in [0.1, 0.15) is 55.0 Å². The summed E-state index contributed by atoms with van der Waals surface area (Å²) in [5.41, 5.74) is 13.0. The van der Waals surface area contributed by atoms with Crippen molar-refractivity contribution in [2.24, 2.45) is 0 Å². The average Bonchev–Trinajstić information content (AvgIpc) is 3.05. The summed E-state index contributed by atoms with van der Waals surface area (Å²) in [4.78, 5) is 2.48. The number of allylic oxidation sites excluding steroid dienone is 1. The summed E-state index contributed by atoms with van der Waals surface area (Å²) in [5, 5.41) is 17.4. The zero-order valence-corrected chi connectivity index (χ0v) is 19.7. The first-order valence-electron chi connectivity index (χ1n) is 11.9. The molecule has 5 rings (SSSR count). The van der Waals surface area contributed by atoms with Crippen molar-refractivity contribution in [3.63, 3.8) is 0 Å². The third-order valence-corrected chi connectivity index (χ3v) is 7.15. The number of likely N-dealkylation sites (N-methyl/N-ethyl adjacent to an activating group) is 1. The highest BCUT2D eigenvalue weighted by molar-refractivity contribution is 5.76. The molecule has 0 bridgehead atoms. The first-order valence-corrected chi connectivity index (χ1v) is 11.9. The van der Waals surface area contributed by atoms with Gasteiger partial charge in [0.2, 0.25) is 0 Å². The van der Waals surface area contributed by atoms with E-state index in [-0.39, 0.29) is 6.04 Å². The maximum Gasteiger partial charge on any atom is 0.0992 e. The summed E-state index contributed by atoms with van der Waals surface area (Å²) < 4.78 is 0. The van der Waals surface area contributed by atoms with Crippen LogP contribution in [0.25, 0.3) is 11.3 Å². The number of hydrogen-bond donors (Lipinski definition) is 2. The van der Waals surface area contributed by atoms with Crippen molar-refractivity contribution in [1.29, 1.82) is 5.26 Å². The monoisotopic (exact) mass is 440 g/mol. The number of nitrogens with one attached hydrogen (secondary N) is 2. The topological polar surface area (TPSA) is 57.6 Å². The van der Waals surface area contributed by atoms with E-state index in [1.165, 1.54) is 33.7 Å². The average molecular weight is 441 g/mol. The number of hydrazine groups is 2. The number of anilines is 1. The highest BCUT2D eigenvalue weighted by Crippen LogP contribution is 2.40. The van der Waals surface area contributed by atoms with Gasteiger partial charge < -0.3 is 5.32 Å². The fourth-order valence-corrected chi connectivity index (χ4v) is 5.13. The van der Waals surface area contributed by atoms with E-state index < -0.39 is 0 Å². The lowest BCUT2D eigenvalue weighted by atomic mass is 9.90. The molecule has 3 heterocycles. The number of fused-ring (bicyclic) bond motifs is 3. The van der Waals surface area contributed by atoms with Crippen LogP contribution in [-0.2, 0) is 0 Å². The zero-order chi connectivity index (χ0) is 22.9. The number of hydrogen-bond acceptors (Lipinski definition) is 6. The number of rotatable bonds is 4. The molecule has 1 atom stereocenters. The summed E-state index contributed by atoms with van der Waals surface area (Å²) in [7, 11) is 2.07. The molecule has 6 nitrogen and oxygen atoms in total. The van der Waals surface area contributed by atoms with Crippen LogP contribution in [-0.4, -0.2) is 48.1 Å². The summed E-state index contributed by atoms with van der Waals surface area (Å²) in [6.45, 7) is 8.55. The van der Waals surface area contributed by atoms with E-state index in [4.69, 9.17) is 0 Å². The van der Waals surface area contributed by atoms with Crippen molar-refractivity contribution in [3.8, 4) is 6.07 Å². The first kappa shape index (κ1) is 21.6. The fraction of sp³-hybridized carbons (Fsp3) is 0.370. The summed E-state index contributed by atoms with van der Waals surface area (Å²) in [6, 6.07) is 17.2. The molecule has 2 N–H and O–H groups in total. The van der Waals surface area contributed by atoms with E-state index in [0.29, 0.717) is 5.56 Å². The minimum Gasteiger partial charge on any atom is -0.378 e. The largest absolute Gasteiger partial charge is 0.378 e. The van der Waals surface area contributed by atoms with Gasteiger partial charge in [-0.1, -0.05) is 31.2 Å². The van der Waals surface area contributed by atoms with Crippen LogP contribution in [0, 0.1) is 11.3 Å². The second-order valence-corrected chi connectivity index (χ2v) is 9.10. The van der Waals surface area contributed by atoms with Crippen molar-refractivity contribution in [2.75, 3.05) is 38.5 Å². The van der Waals surface area contributed by atoms with Gasteiger partial charge in [-0.05, 0) is 67.3 Å². The Morgan fingerprint density at radius 1 is 1.18 bits per heavy atom. The van der Waals surface area contributed by atoms with Gasteiger partial charge in [0.15, 0.2) is 0 Å². The molecule has 0 spiro atoms. The molecule has 0 saturated carbocycles. The smallest absolute Gasteiger partial charge is 0.0992 e. The number of nitrogens with zero attached hydrogens (tertiary/aromatic N) is 4. The molecule has 3 aliphatic rings. The Hall–Kier alpha value is -3.27. The molecule has 0 saturated heterocycles. The minimum atomic E-state index is 0.156. The van der Waals surface area contributed by atoms with Gasteiger partial charge in [0, 0.05) is 37.9 Å². The Labute approximate surface area is 196 Å². The standard InChI is InChI=1S/C27H32N6/c1-4-32-13-10-21(11-14-32)22-8-9-24-25(17-22)26(29-23-7-5-6-20(16-23)18-28)12-15-33-27(24)19(2)31(3)30-33/h5-10,16-17,26,29-30H,4,11-15H2,1-3H3. The second kappa shape index (κ2) is 8.93. The quantitative estimate of drug-likeness (QED) is 0.726. The lowest BCUT2D eigenvalue weighted by molar-refractivity contribution is 0.160. The van der Waals surface area contributed by atoms with Gasteiger partial charge in [-0.25, -0.2) is 0 Å². The van der Waals surface area contributed by atoms with E-state index in [9.17, 15) is 5.26 Å². The van der Waals surface area contributed by atoms with Crippen LogP contribution < -0.4 is 10.9 Å². The van der Waals surface area contributed by atoms with Crippen molar-refractivity contribution < 1.29 is 0 Å². The summed E-state index contributed by atoms with van der Waals surface area (Å²) in [6.07, 6.45) is 4.44. The van der Waals surface area contributed by atoms with Crippen LogP contribution in [0.5, 0.6) is 0 Å². The maximum atomic E-state index is 9.34. The Morgan fingerprint density at radius 3 is 2.82 bits per heavy atom. The summed E-state index contributed by atoms with van der Waals surface area (Å²) in [5.74, 6) is 0. The van der Waals surface area contributed by atoms with Crippen LogP contribution in [0.4, 0.5) is 5.69 Å². The Morgan fingerprint density at radius 2 is 2.06 bits per heavy atom. The predicted octanol–water partition coefficient (Wildman–Crippen LogP) is 4.58. The lowest BCUT2D eigenvalue weighted by Crippen LogP contribution is -2.39. The Kier molecular flexibility index (Phi) is 5.84. The molecule has 0 radical (unpaired) electrons. The lowest BCUT2D eigenvalue weighted by Gasteiger charge is -2.26. The van der Waals surface area contributed by atoms with Crippen molar-refractivity contribution in [1.82, 2.24) is 20.5 Å². The molecule has 170 valence electrons. The first-order chi connectivity index (χ1) is 16.1. The molecule has 2 aromatic carbocycles. The van der Waals surface area contributed by atoms with E-state index in [0.717, 1.165) is 44.7 Å². The van der Waals surface area contributed by atoms with E-state index in [1.54, 1.807) is 0 Å². The molecule has 0 amide bonds. The van der Waals surface area contributed by atoms with Crippen LogP contribution in [0.3, 0.4) is 0 Å². The molecule has 33 heavy (non-hydrogen) atoms. The van der Waals surface area contributed by atoms with Gasteiger partial charge in [0.05, 0.1) is 29.1 Å². The molecule has 2 aromatic rings. The van der Waals surface area contributed by atoms with E-state index in [1.807, 2.05) is 18.2 Å². The predicted molar refractivity (Wildman–Crippen MR) is 133 cm³/mol. The molecule has 6 heteroatoms. The highest BCUT2D eigenvalue weighted by Gasteiger charge is 2.32. The fourth-order valence-electron chi connectivity index (χ4n) is 5.13. The van der Waals surface area contributed by atoms with Crippen LogP contribution in [0.15, 0.2) is 54.2 Å². The van der Waals surface area contributed by atoms with Crippen LogP contribution >= 0.6 is 0 Å². The molecular formula is C27H32N6. The Bertz CT molecular complexity index is 1160. The molecule has 0 aromatic heterocycles. The highest BCUT2D eigenvalue weighted by atomic mass is 15.8. The molecule has 0 aliphatic carbocycles. The molecular weight excluding hydrogens is 408 g/mol. The van der Waals surface area contributed by atoms with Gasteiger partial charge >= 0.3 is 0 Å². The van der Waals surface area contributed by atoms with Gasteiger partial charge in [-0.3, -0.25) is 14.9 Å². The van der Waals surface area contributed by atoms with Crippen molar-refractivity contribution in [2.45, 2.75) is 32.7 Å². The maximum absolute atomic E-state index is 9.34. The molecule has 1 unspecified atom stereocenters. The normalized spacial score (nSPS) is 20.7. The third-order valence-electron chi connectivity index (χ3n) is 7.15. The van der Waals surface area contributed by atoms with Gasteiger partial charge in [0.1, 0.15) is 0 Å². The Balaban J connectivity index is 1.56. The summed E-state index contributed by atoms with van der Waals surface area (Å²) >= 11 is 0. The number of benzene rings is 2. The second-order valence-electron chi connectivity index (χ2n) is 9.10. The van der Waals surface area contributed by atoms with Gasteiger partial charge in [-0.2, -0.15) is 5.26 Å². The zero-order valence-electron chi connectivity index (χ0n) is 19.7. The van der Waals surface area contributed by atoms with Crippen molar-refractivity contribution >= 4 is 17.0 Å². The van der Waals surface area contributed by atoms with Crippen LogP contribution in [0.2, 0.25) is 0 Å². The van der Waals surface area contributed by atoms with Gasteiger partial charge in [0.25, 0.3) is 0 Å². The van der Waals surface area contributed by atoms with E-state index in [2.05, 4.69) is 83.1 Å².